The maximum Gasteiger partial charge on any atom is 0.0835 e. The molecule has 0 bridgehead atoms. The highest BCUT2D eigenvalue weighted by molar-refractivity contribution is 6.30. The van der Waals surface area contributed by atoms with Gasteiger partial charge >= 0.3 is 0 Å². The minimum absolute atomic E-state index is 0.148. The number of hydrogen-bond acceptors (Lipinski definition) is 0. The standard InChI is InChI=1S/C16H16Cl2/c1-11(2)12-6-8-13(9-7-12)16(18)14-4-3-5-15(17)10-14/h3-11,16H,1-2H3. The summed E-state index contributed by atoms with van der Waals surface area (Å²) in [7, 11) is 0. The summed E-state index contributed by atoms with van der Waals surface area (Å²) < 4.78 is 0. The molecular formula is C16H16Cl2. The SMILES string of the molecule is CC(C)c1ccc(C(Cl)c2cccc(Cl)c2)cc1. The topological polar surface area (TPSA) is 0 Å². The van der Waals surface area contributed by atoms with Crippen LogP contribution in [0, 0.1) is 0 Å². The van der Waals surface area contributed by atoms with E-state index in [4.69, 9.17) is 23.2 Å². The van der Waals surface area contributed by atoms with Crippen molar-refractivity contribution in [3.8, 4) is 0 Å². The largest absolute Gasteiger partial charge is 0.113 e. The molecule has 0 nitrogen and oxygen atoms in total. The van der Waals surface area contributed by atoms with Gasteiger partial charge in [0.25, 0.3) is 0 Å². The van der Waals surface area contributed by atoms with Gasteiger partial charge in [0.2, 0.25) is 0 Å². The molecule has 2 aromatic carbocycles. The molecule has 2 aromatic rings. The summed E-state index contributed by atoms with van der Waals surface area (Å²) >= 11 is 12.5. The second-order valence-electron chi connectivity index (χ2n) is 4.74. The van der Waals surface area contributed by atoms with Crippen molar-refractivity contribution in [2.24, 2.45) is 0 Å². The molecule has 2 heteroatoms. The molecule has 18 heavy (non-hydrogen) atoms. The number of rotatable bonds is 3. The molecule has 0 aliphatic carbocycles. The predicted octanol–water partition coefficient (Wildman–Crippen LogP) is 5.79. The number of alkyl halides is 1. The zero-order valence-corrected chi connectivity index (χ0v) is 12.0. The second kappa shape index (κ2) is 5.77. The molecule has 0 aliphatic rings. The number of hydrogen-bond donors (Lipinski definition) is 0. The van der Waals surface area contributed by atoms with E-state index < -0.39 is 0 Å². The molecule has 0 fully saturated rings. The molecule has 0 N–H and O–H groups in total. The zero-order valence-electron chi connectivity index (χ0n) is 10.5. The highest BCUT2D eigenvalue weighted by Gasteiger charge is 2.11. The van der Waals surface area contributed by atoms with Crippen LogP contribution in [0.3, 0.4) is 0 Å². The van der Waals surface area contributed by atoms with Crippen LogP contribution in [0.2, 0.25) is 5.02 Å². The third kappa shape index (κ3) is 3.07. The monoisotopic (exact) mass is 278 g/mol. The molecule has 0 heterocycles. The Hall–Kier alpha value is -0.980. The van der Waals surface area contributed by atoms with Crippen LogP contribution in [-0.4, -0.2) is 0 Å². The van der Waals surface area contributed by atoms with Gasteiger partial charge in [-0.3, -0.25) is 0 Å². The minimum Gasteiger partial charge on any atom is -0.113 e. The first-order chi connectivity index (χ1) is 8.58. The van der Waals surface area contributed by atoms with Crippen molar-refractivity contribution in [2.75, 3.05) is 0 Å². The highest BCUT2D eigenvalue weighted by atomic mass is 35.5. The smallest absolute Gasteiger partial charge is 0.0835 e. The lowest BCUT2D eigenvalue weighted by molar-refractivity contribution is 0.865. The lowest BCUT2D eigenvalue weighted by atomic mass is 9.98. The lowest BCUT2D eigenvalue weighted by Crippen LogP contribution is -1.94. The van der Waals surface area contributed by atoms with Gasteiger partial charge in [0.1, 0.15) is 0 Å². The summed E-state index contributed by atoms with van der Waals surface area (Å²) in [6, 6.07) is 16.2. The Balaban J connectivity index is 2.26. The maximum atomic E-state index is 6.48. The third-order valence-electron chi connectivity index (χ3n) is 3.04. The molecule has 0 radical (unpaired) electrons. The molecule has 0 saturated heterocycles. The van der Waals surface area contributed by atoms with E-state index >= 15 is 0 Å². The Bertz CT molecular complexity index is 515. The molecule has 0 amide bonds. The molecule has 2 rings (SSSR count). The van der Waals surface area contributed by atoms with Crippen LogP contribution >= 0.6 is 23.2 Å². The first kappa shape index (κ1) is 13.5. The molecule has 0 saturated carbocycles. The van der Waals surface area contributed by atoms with E-state index in [0.29, 0.717) is 5.92 Å². The van der Waals surface area contributed by atoms with E-state index in [1.54, 1.807) is 0 Å². The first-order valence-electron chi connectivity index (χ1n) is 6.07. The van der Waals surface area contributed by atoms with Crippen molar-refractivity contribution in [1.29, 1.82) is 0 Å². The van der Waals surface area contributed by atoms with Crippen molar-refractivity contribution in [3.63, 3.8) is 0 Å². The Morgan fingerprint density at radius 2 is 1.44 bits per heavy atom. The van der Waals surface area contributed by atoms with Crippen molar-refractivity contribution >= 4 is 23.2 Å². The summed E-state index contributed by atoms with van der Waals surface area (Å²) in [6.45, 7) is 4.37. The van der Waals surface area contributed by atoms with Gasteiger partial charge in [-0.2, -0.15) is 0 Å². The van der Waals surface area contributed by atoms with Crippen LogP contribution in [0.5, 0.6) is 0 Å². The lowest BCUT2D eigenvalue weighted by Gasteiger charge is -2.12. The van der Waals surface area contributed by atoms with E-state index in [1.807, 2.05) is 24.3 Å². The van der Waals surface area contributed by atoms with Gasteiger partial charge in [-0.15, -0.1) is 11.6 Å². The predicted molar refractivity (Wildman–Crippen MR) is 79.7 cm³/mol. The Morgan fingerprint density at radius 1 is 0.833 bits per heavy atom. The molecule has 0 aromatic heterocycles. The van der Waals surface area contributed by atoms with Crippen LogP contribution < -0.4 is 0 Å². The molecular weight excluding hydrogens is 263 g/mol. The van der Waals surface area contributed by atoms with Crippen molar-refractivity contribution in [1.82, 2.24) is 0 Å². The minimum atomic E-state index is -0.148. The first-order valence-corrected chi connectivity index (χ1v) is 6.89. The van der Waals surface area contributed by atoms with Gasteiger partial charge in [0, 0.05) is 5.02 Å². The number of benzene rings is 2. The molecule has 1 atom stereocenters. The van der Waals surface area contributed by atoms with Crippen LogP contribution in [0.1, 0.15) is 41.8 Å². The Kier molecular flexibility index (Phi) is 4.31. The molecule has 0 aliphatic heterocycles. The quantitative estimate of drug-likeness (QED) is 0.623. The van der Waals surface area contributed by atoms with E-state index in [1.165, 1.54) is 5.56 Å². The van der Waals surface area contributed by atoms with E-state index in [-0.39, 0.29) is 5.38 Å². The summed E-state index contributed by atoms with van der Waals surface area (Å²) in [5.74, 6) is 0.541. The average Bonchev–Trinajstić information content (AvgIpc) is 2.38. The highest BCUT2D eigenvalue weighted by Crippen LogP contribution is 2.30. The fourth-order valence-corrected chi connectivity index (χ4v) is 2.39. The van der Waals surface area contributed by atoms with Gasteiger partial charge in [-0.25, -0.2) is 0 Å². The number of halogens is 2. The van der Waals surface area contributed by atoms with Crippen LogP contribution in [0.4, 0.5) is 0 Å². The molecule has 1 unspecified atom stereocenters. The fraction of sp³-hybridized carbons (Fsp3) is 0.250. The van der Waals surface area contributed by atoms with Gasteiger partial charge in [-0.05, 0) is 34.7 Å². The zero-order chi connectivity index (χ0) is 13.1. The van der Waals surface area contributed by atoms with E-state index in [0.717, 1.165) is 16.1 Å². The summed E-state index contributed by atoms with van der Waals surface area (Å²) in [4.78, 5) is 0. The van der Waals surface area contributed by atoms with Crippen molar-refractivity contribution in [3.05, 3.63) is 70.2 Å². The summed E-state index contributed by atoms with van der Waals surface area (Å²) in [6.07, 6.45) is 0. The Morgan fingerprint density at radius 3 is 2.00 bits per heavy atom. The summed E-state index contributed by atoms with van der Waals surface area (Å²) in [5.41, 5.74) is 3.46. The maximum absolute atomic E-state index is 6.48. The molecule has 94 valence electrons. The van der Waals surface area contributed by atoms with Gasteiger partial charge in [-0.1, -0.05) is 61.8 Å². The third-order valence-corrected chi connectivity index (χ3v) is 3.78. The van der Waals surface area contributed by atoms with E-state index in [9.17, 15) is 0 Å². The normalized spacial score (nSPS) is 12.7. The molecule has 0 spiro atoms. The van der Waals surface area contributed by atoms with Crippen molar-refractivity contribution < 1.29 is 0 Å². The van der Waals surface area contributed by atoms with Gasteiger partial charge in [0.15, 0.2) is 0 Å². The van der Waals surface area contributed by atoms with Gasteiger partial charge < -0.3 is 0 Å². The second-order valence-corrected chi connectivity index (χ2v) is 5.61. The van der Waals surface area contributed by atoms with Crippen LogP contribution in [0.25, 0.3) is 0 Å². The van der Waals surface area contributed by atoms with Gasteiger partial charge in [0.05, 0.1) is 5.38 Å². The van der Waals surface area contributed by atoms with Crippen LogP contribution in [0.15, 0.2) is 48.5 Å². The fourth-order valence-electron chi connectivity index (χ4n) is 1.91. The Labute approximate surface area is 119 Å². The van der Waals surface area contributed by atoms with Crippen molar-refractivity contribution in [2.45, 2.75) is 25.1 Å². The summed E-state index contributed by atoms with van der Waals surface area (Å²) in [5, 5.41) is 0.571. The average molecular weight is 279 g/mol. The van der Waals surface area contributed by atoms with Crippen LogP contribution in [-0.2, 0) is 0 Å². The van der Waals surface area contributed by atoms with E-state index in [2.05, 4.69) is 38.1 Å².